The van der Waals surface area contributed by atoms with Crippen LogP contribution in [-0.2, 0) is 6.54 Å². The lowest BCUT2D eigenvalue weighted by Crippen LogP contribution is -2.14. The van der Waals surface area contributed by atoms with Crippen molar-refractivity contribution in [2.45, 2.75) is 13.5 Å². The molecule has 27 heavy (non-hydrogen) atoms. The molecule has 7 nitrogen and oxygen atoms in total. The van der Waals surface area contributed by atoms with E-state index in [4.69, 9.17) is 4.74 Å². The molecule has 0 saturated carbocycles. The van der Waals surface area contributed by atoms with Gasteiger partial charge in [-0.1, -0.05) is 48.5 Å². The van der Waals surface area contributed by atoms with E-state index in [1.807, 2.05) is 61.5 Å². The number of hydrogen-bond acceptors (Lipinski definition) is 5. The summed E-state index contributed by atoms with van der Waals surface area (Å²) in [6, 6.07) is 18.9. The highest BCUT2D eigenvalue weighted by molar-refractivity contribution is 5.60. The smallest absolute Gasteiger partial charge is 0.274 e. The fraction of sp³-hybridized carbons (Fsp3) is 0.150. The first-order valence-corrected chi connectivity index (χ1v) is 8.74. The molecule has 2 aromatic carbocycles. The fourth-order valence-corrected chi connectivity index (χ4v) is 2.84. The van der Waals surface area contributed by atoms with Gasteiger partial charge in [0.25, 0.3) is 11.3 Å². The van der Waals surface area contributed by atoms with Crippen molar-refractivity contribution in [1.29, 1.82) is 0 Å². The van der Waals surface area contributed by atoms with Gasteiger partial charge in [0.15, 0.2) is 0 Å². The first-order valence-electron chi connectivity index (χ1n) is 8.74. The summed E-state index contributed by atoms with van der Waals surface area (Å²) in [4.78, 5) is 21.3. The summed E-state index contributed by atoms with van der Waals surface area (Å²) in [5.41, 5.74) is 2.26. The molecular weight excluding hydrogens is 342 g/mol. The standard InChI is InChI=1S/C20H19N5O2/c1-2-27-17-11-7-6-10-15(17)13-21-19-23-20-22-16(12-18(26)25(20)24-19)14-8-4-3-5-9-14/h3-12H,2,13H2,1H3,(H2,21,22,23,24). The maximum atomic E-state index is 12.4. The molecule has 2 N–H and O–H groups in total. The quantitative estimate of drug-likeness (QED) is 0.551. The monoisotopic (exact) mass is 361 g/mol. The topological polar surface area (TPSA) is 84.3 Å². The number of benzene rings is 2. The summed E-state index contributed by atoms with van der Waals surface area (Å²) < 4.78 is 6.95. The average molecular weight is 361 g/mol. The second kappa shape index (κ2) is 7.33. The number of anilines is 1. The minimum atomic E-state index is -0.214. The van der Waals surface area contributed by atoms with Gasteiger partial charge in [-0.2, -0.15) is 9.50 Å². The van der Waals surface area contributed by atoms with Crippen molar-refractivity contribution >= 4 is 11.7 Å². The van der Waals surface area contributed by atoms with Crippen LogP contribution < -0.4 is 15.6 Å². The summed E-state index contributed by atoms with van der Waals surface area (Å²) in [7, 11) is 0. The van der Waals surface area contributed by atoms with E-state index in [-0.39, 0.29) is 5.56 Å². The van der Waals surface area contributed by atoms with Crippen molar-refractivity contribution in [3.8, 4) is 17.0 Å². The molecule has 0 saturated heterocycles. The zero-order valence-corrected chi connectivity index (χ0v) is 14.8. The molecule has 0 aliphatic carbocycles. The van der Waals surface area contributed by atoms with E-state index in [9.17, 15) is 4.79 Å². The molecule has 0 amide bonds. The van der Waals surface area contributed by atoms with E-state index in [0.29, 0.717) is 30.6 Å². The molecule has 0 aliphatic rings. The maximum absolute atomic E-state index is 12.4. The second-order valence-corrected chi connectivity index (χ2v) is 5.95. The Bertz CT molecular complexity index is 1120. The van der Waals surface area contributed by atoms with E-state index in [2.05, 4.69) is 20.4 Å². The molecule has 2 heterocycles. The van der Waals surface area contributed by atoms with Crippen LogP contribution in [0.15, 0.2) is 65.5 Å². The van der Waals surface area contributed by atoms with E-state index in [0.717, 1.165) is 16.9 Å². The third-order valence-corrected chi connectivity index (χ3v) is 4.12. The Morgan fingerprint density at radius 1 is 1.07 bits per heavy atom. The summed E-state index contributed by atoms with van der Waals surface area (Å²) in [5, 5.41) is 6.13. The molecule has 0 bridgehead atoms. The molecule has 4 rings (SSSR count). The van der Waals surface area contributed by atoms with Crippen LogP contribution in [0.25, 0.3) is 17.0 Å². The molecule has 136 valence electrons. The summed E-state index contributed by atoms with van der Waals surface area (Å²) in [5.74, 6) is 1.61. The highest BCUT2D eigenvalue weighted by Crippen LogP contribution is 2.19. The predicted octanol–water partition coefficient (Wildman–Crippen LogP) is 3.10. The van der Waals surface area contributed by atoms with Gasteiger partial charge in [-0.3, -0.25) is 9.89 Å². The van der Waals surface area contributed by atoms with Crippen molar-refractivity contribution in [2.75, 3.05) is 11.9 Å². The van der Waals surface area contributed by atoms with E-state index >= 15 is 0 Å². The van der Waals surface area contributed by atoms with Crippen molar-refractivity contribution in [3.05, 3.63) is 76.6 Å². The SMILES string of the molecule is CCOc1ccccc1CNc1nc2nc(-c3ccccc3)cc(=O)n2[nH]1. The van der Waals surface area contributed by atoms with Crippen molar-refractivity contribution in [2.24, 2.45) is 0 Å². The zero-order valence-electron chi connectivity index (χ0n) is 14.8. The van der Waals surface area contributed by atoms with Gasteiger partial charge in [0.2, 0.25) is 5.95 Å². The summed E-state index contributed by atoms with van der Waals surface area (Å²) in [6.45, 7) is 3.06. The lowest BCUT2D eigenvalue weighted by atomic mass is 10.1. The van der Waals surface area contributed by atoms with Crippen LogP contribution in [0, 0.1) is 0 Å². The van der Waals surface area contributed by atoms with E-state index < -0.39 is 0 Å². The number of rotatable bonds is 6. The van der Waals surface area contributed by atoms with Gasteiger partial charge >= 0.3 is 0 Å². The Kier molecular flexibility index (Phi) is 4.57. The lowest BCUT2D eigenvalue weighted by molar-refractivity contribution is 0.337. The van der Waals surface area contributed by atoms with Gasteiger partial charge in [0.05, 0.1) is 12.3 Å². The normalized spacial score (nSPS) is 10.9. The van der Waals surface area contributed by atoms with Gasteiger partial charge in [0, 0.05) is 23.7 Å². The fourth-order valence-electron chi connectivity index (χ4n) is 2.84. The number of H-pyrrole nitrogens is 1. The molecule has 7 heteroatoms. The van der Waals surface area contributed by atoms with Gasteiger partial charge in [-0.05, 0) is 13.0 Å². The molecule has 0 atom stereocenters. The Morgan fingerprint density at radius 3 is 2.67 bits per heavy atom. The molecular formula is C20H19N5O2. The Balaban J connectivity index is 1.61. The van der Waals surface area contributed by atoms with Crippen LogP contribution in [0.2, 0.25) is 0 Å². The molecule has 0 unspecified atom stereocenters. The summed E-state index contributed by atoms with van der Waals surface area (Å²) >= 11 is 0. The number of para-hydroxylation sites is 1. The third-order valence-electron chi connectivity index (χ3n) is 4.12. The molecule has 0 fully saturated rings. The third kappa shape index (κ3) is 3.52. The van der Waals surface area contributed by atoms with Gasteiger partial charge in [0.1, 0.15) is 5.75 Å². The second-order valence-electron chi connectivity index (χ2n) is 5.95. The van der Waals surface area contributed by atoms with Crippen LogP contribution >= 0.6 is 0 Å². The largest absolute Gasteiger partial charge is 0.494 e. The van der Waals surface area contributed by atoms with Gasteiger partial charge < -0.3 is 10.1 Å². The molecule has 0 radical (unpaired) electrons. The number of nitrogens with zero attached hydrogens (tertiary/aromatic N) is 3. The van der Waals surface area contributed by atoms with Crippen LogP contribution in [0.5, 0.6) is 5.75 Å². The molecule has 0 aliphatic heterocycles. The van der Waals surface area contributed by atoms with Crippen LogP contribution in [0.4, 0.5) is 5.95 Å². The minimum absolute atomic E-state index is 0.214. The molecule has 2 aromatic heterocycles. The van der Waals surface area contributed by atoms with Crippen LogP contribution in [0.3, 0.4) is 0 Å². The number of ether oxygens (including phenoxy) is 1. The van der Waals surface area contributed by atoms with Crippen LogP contribution in [-0.4, -0.2) is 26.2 Å². The minimum Gasteiger partial charge on any atom is -0.494 e. The van der Waals surface area contributed by atoms with E-state index in [1.165, 1.54) is 10.6 Å². The van der Waals surface area contributed by atoms with Crippen molar-refractivity contribution in [1.82, 2.24) is 19.6 Å². The van der Waals surface area contributed by atoms with E-state index in [1.54, 1.807) is 0 Å². The Hall–Kier alpha value is -3.61. The lowest BCUT2D eigenvalue weighted by Gasteiger charge is -2.09. The van der Waals surface area contributed by atoms with Gasteiger partial charge in [-0.25, -0.2) is 4.98 Å². The van der Waals surface area contributed by atoms with Crippen molar-refractivity contribution < 1.29 is 4.74 Å². The number of hydrogen-bond donors (Lipinski definition) is 2. The number of aromatic nitrogens is 4. The maximum Gasteiger partial charge on any atom is 0.274 e. The van der Waals surface area contributed by atoms with Gasteiger partial charge in [-0.15, -0.1) is 0 Å². The Labute approximate surface area is 155 Å². The number of aromatic amines is 1. The average Bonchev–Trinajstić information content (AvgIpc) is 3.12. The predicted molar refractivity (Wildman–Crippen MR) is 104 cm³/mol. The zero-order chi connectivity index (χ0) is 18.6. The van der Waals surface area contributed by atoms with Crippen LogP contribution in [0.1, 0.15) is 12.5 Å². The first kappa shape index (κ1) is 16.8. The van der Waals surface area contributed by atoms with Crippen molar-refractivity contribution in [3.63, 3.8) is 0 Å². The molecule has 0 spiro atoms. The molecule has 4 aromatic rings. The highest BCUT2D eigenvalue weighted by Gasteiger charge is 2.10. The first-order chi connectivity index (χ1) is 13.2. The number of fused-ring (bicyclic) bond motifs is 1. The highest BCUT2D eigenvalue weighted by atomic mass is 16.5. The summed E-state index contributed by atoms with van der Waals surface area (Å²) in [6.07, 6.45) is 0. The number of nitrogens with one attached hydrogen (secondary N) is 2. The Morgan fingerprint density at radius 2 is 1.85 bits per heavy atom.